The molecule has 19 heavy (non-hydrogen) atoms. The number of rotatable bonds is 6. The topological polar surface area (TPSA) is 90.5 Å². The molecule has 0 aliphatic carbocycles. The van der Waals surface area contributed by atoms with Crippen LogP contribution in [0, 0.1) is 0 Å². The Bertz CT molecular complexity index is 449. The van der Waals surface area contributed by atoms with Gasteiger partial charge in [-0.3, -0.25) is 0 Å². The van der Waals surface area contributed by atoms with Crippen molar-refractivity contribution in [3.63, 3.8) is 0 Å². The highest BCUT2D eigenvalue weighted by Crippen LogP contribution is 2.14. The maximum atomic E-state index is 11.7. The molecule has 0 bridgehead atoms. The first kappa shape index (κ1) is 15.0. The first-order valence-electron chi connectivity index (χ1n) is 6.11. The summed E-state index contributed by atoms with van der Waals surface area (Å²) in [7, 11) is 1.81. The number of anilines is 1. The van der Waals surface area contributed by atoms with E-state index in [1.807, 2.05) is 25.2 Å². The molecule has 6 nitrogen and oxygen atoms in total. The number of urea groups is 1. The zero-order valence-electron chi connectivity index (χ0n) is 11.1. The number of carbonyl (C=O) groups excluding carboxylic acids is 1. The Labute approximate surface area is 112 Å². The Morgan fingerprint density at radius 3 is 2.58 bits per heavy atom. The number of carbonyl (C=O) groups is 2. The van der Waals surface area contributed by atoms with Crippen molar-refractivity contribution in [2.24, 2.45) is 0 Å². The summed E-state index contributed by atoms with van der Waals surface area (Å²) in [5.74, 6) is -1.04. The van der Waals surface area contributed by atoms with Crippen molar-refractivity contribution in [1.29, 1.82) is 0 Å². The van der Waals surface area contributed by atoms with Crippen molar-refractivity contribution in [3.05, 3.63) is 29.8 Å². The van der Waals surface area contributed by atoms with Crippen LogP contribution in [0.5, 0.6) is 0 Å². The monoisotopic (exact) mass is 265 g/mol. The van der Waals surface area contributed by atoms with Crippen LogP contribution in [0.3, 0.4) is 0 Å². The molecule has 0 aliphatic heterocycles. The summed E-state index contributed by atoms with van der Waals surface area (Å²) in [5, 5.41) is 17.0. The fraction of sp³-hybridized carbons (Fsp3) is 0.385. The van der Waals surface area contributed by atoms with Crippen LogP contribution in [0.25, 0.3) is 0 Å². The van der Waals surface area contributed by atoms with E-state index in [-0.39, 0.29) is 0 Å². The third kappa shape index (κ3) is 4.59. The van der Waals surface area contributed by atoms with Crippen LogP contribution >= 0.6 is 0 Å². The Morgan fingerprint density at radius 1 is 1.32 bits per heavy atom. The van der Waals surface area contributed by atoms with Gasteiger partial charge in [0.2, 0.25) is 0 Å². The van der Waals surface area contributed by atoms with E-state index in [1.54, 1.807) is 13.0 Å². The molecule has 4 N–H and O–H groups in total. The molecule has 2 amide bonds. The first-order valence-corrected chi connectivity index (χ1v) is 6.11. The minimum Gasteiger partial charge on any atom is -0.480 e. The summed E-state index contributed by atoms with van der Waals surface area (Å²) in [6.07, 6.45) is 0.334. The maximum Gasteiger partial charge on any atom is 0.326 e. The van der Waals surface area contributed by atoms with Gasteiger partial charge in [0.25, 0.3) is 0 Å². The molecule has 0 aromatic heterocycles. The zero-order valence-corrected chi connectivity index (χ0v) is 11.1. The smallest absolute Gasteiger partial charge is 0.326 e. The third-order valence-corrected chi connectivity index (χ3v) is 2.64. The molecule has 0 spiro atoms. The van der Waals surface area contributed by atoms with Crippen LogP contribution in [0.2, 0.25) is 0 Å². The van der Waals surface area contributed by atoms with Gasteiger partial charge in [-0.25, -0.2) is 9.59 Å². The van der Waals surface area contributed by atoms with Crippen LogP contribution in [0.1, 0.15) is 18.9 Å². The van der Waals surface area contributed by atoms with Gasteiger partial charge in [0, 0.05) is 12.2 Å². The predicted molar refractivity (Wildman–Crippen MR) is 73.1 cm³/mol. The van der Waals surface area contributed by atoms with Crippen molar-refractivity contribution < 1.29 is 14.7 Å². The highest BCUT2D eigenvalue weighted by Gasteiger charge is 2.17. The van der Waals surface area contributed by atoms with Crippen LogP contribution in [-0.2, 0) is 11.3 Å². The SMILES string of the molecule is CC[C@@H](NC(=O)Nc1ccccc1CNC)C(=O)O. The predicted octanol–water partition coefficient (Wildman–Crippen LogP) is 1.39. The molecule has 1 aromatic carbocycles. The number of aliphatic carboxylic acids is 1. The van der Waals surface area contributed by atoms with Gasteiger partial charge in [-0.2, -0.15) is 0 Å². The van der Waals surface area contributed by atoms with Crippen LogP contribution < -0.4 is 16.0 Å². The van der Waals surface area contributed by atoms with Gasteiger partial charge in [-0.05, 0) is 25.1 Å². The minimum atomic E-state index is -1.04. The summed E-state index contributed by atoms with van der Waals surface area (Å²) >= 11 is 0. The number of nitrogens with one attached hydrogen (secondary N) is 3. The van der Waals surface area contributed by atoms with Crippen molar-refractivity contribution in [3.8, 4) is 0 Å². The summed E-state index contributed by atoms with van der Waals surface area (Å²) in [4.78, 5) is 22.6. The Kier molecular flexibility index (Phi) is 5.81. The number of carboxylic acid groups (broad SMARTS) is 1. The highest BCUT2D eigenvalue weighted by atomic mass is 16.4. The average Bonchev–Trinajstić information content (AvgIpc) is 2.38. The third-order valence-electron chi connectivity index (χ3n) is 2.64. The molecular formula is C13H19N3O3. The van der Waals surface area contributed by atoms with Crippen LogP contribution in [0.15, 0.2) is 24.3 Å². The second-order valence-electron chi connectivity index (χ2n) is 4.09. The van der Waals surface area contributed by atoms with Crippen molar-refractivity contribution >= 4 is 17.7 Å². The molecule has 0 saturated carbocycles. The van der Waals surface area contributed by atoms with Crippen molar-refractivity contribution in [2.45, 2.75) is 25.9 Å². The Morgan fingerprint density at radius 2 is 2.00 bits per heavy atom. The molecule has 0 aliphatic rings. The highest BCUT2D eigenvalue weighted by molar-refractivity contribution is 5.92. The molecule has 0 radical (unpaired) electrons. The van der Waals surface area contributed by atoms with Gasteiger partial charge in [0.05, 0.1) is 0 Å². The van der Waals surface area contributed by atoms with E-state index in [1.165, 1.54) is 0 Å². The van der Waals surface area contributed by atoms with Crippen molar-refractivity contribution in [2.75, 3.05) is 12.4 Å². The van der Waals surface area contributed by atoms with Crippen LogP contribution in [0.4, 0.5) is 10.5 Å². The van der Waals surface area contributed by atoms with Gasteiger partial charge in [-0.1, -0.05) is 25.1 Å². The lowest BCUT2D eigenvalue weighted by molar-refractivity contribution is -0.139. The quantitative estimate of drug-likeness (QED) is 0.625. The molecular weight excluding hydrogens is 246 g/mol. The lowest BCUT2D eigenvalue weighted by Gasteiger charge is -2.15. The van der Waals surface area contributed by atoms with E-state index in [4.69, 9.17) is 5.11 Å². The zero-order chi connectivity index (χ0) is 14.3. The summed E-state index contributed by atoms with van der Waals surface area (Å²) < 4.78 is 0. The lowest BCUT2D eigenvalue weighted by atomic mass is 10.2. The first-order chi connectivity index (χ1) is 9.08. The van der Waals surface area contributed by atoms with Crippen molar-refractivity contribution in [1.82, 2.24) is 10.6 Å². The number of benzene rings is 1. The molecule has 0 unspecified atom stereocenters. The molecule has 0 saturated heterocycles. The fourth-order valence-corrected chi connectivity index (χ4v) is 1.64. The van der Waals surface area contributed by atoms with Gasteiger partial charge in [-0.15, -0.1) is 0 Å². The lowest BCUT2D eigenvalue weighted by Crippen LogP contribution is -2.42. The summed E-state index contributed by atoms with van der Waals surface area (Å²) in [6.45, 7) is 2.32. The maximum absolute atomic E-state index is 11.7. The van der Waals surface area contributed by atoms with E-state index >= 15 is 0 Å². The van der Waals surface area contributed by atoms with Gasteiger partial charge in [0.1, 0.15) is 6.04 Å². The molecule has 1 rings (SSSR count). The standard InChI is InChI=1S/C13H19N3O3/c1-3-10(12(17)18)15-13(19)16-11-7-5-4-6-9(11)8-14-2/h4-7,10,14H,3,8H2,1-2H3,(H,17,18)(H2,15,16,19)/t10-/m1/s1. The number of para-hydroxylation sites is 1. The normalized spacial score (nSPS) is 11.7. The average molecular weight is 265 g/mol. The number of hydrogen-bond donors (Lipinski definition) is 4. The van der Waals surface area contributed by atoms with E-state index in [0.29, 0.717) is 18.7 Å². The summed E-state index contributed by atoms with van der Waals surface area (Å²) in [5.41, 5.74) is 1.60. The number of carboxylic acids is 1. The largest absolute Gasteiger partial charge is 0.480 e. The molecule has 0 fully saturated rings. The molecule has 1 atom stereocenters. The Hall–Kier alpha value is -2.08. The Balaban J connectivity index is 2.69. The van der Waals surface area contributed by atoms with E-state index in [0.717, 1.165) is 5.56 Å². The number of amides is 2. The molecule has 104 valence electrons. The second kappa shape index (κ2) is 7.38. The van der Waals surface area contributed by atoms with E-state index in [9.17, 15) is 9.59 Å². The van der Waals surface area contributed by atoms with Gasteiger partial charge < -0.3 is 21.1 Å². The molecule has 6 heteroatoms. The van der Waals surface area contributed by atoms with E-state index < -0.39 is 18.0 Å². The minimum absolute atomic E-state index is 0.334. The molecule has 0 heterocycles. The van der Waals surface area contributed by atoms with E-state index in [2.05, 4.69) is 16.0 Å². The second-order valence-corrected chi connectivity index (χ2v) is 4.09. The fourth-order valence-electron chi connectivity index (χ4n) is 1.64. The summed E-state index contributed by atoms with van der Waals surface area (Å²) in [6, 6.07) is 5.95. The molecule has 1 aromatic rings. The van der Waals surface area contributed by atoms with Gasteiger partial charge in [0.15, 0.2) is 0 Å². The number of hydrogen-bond acceptors (Lipinski definition) is 3. The van der Waals surface area contributed by atoms with Crippen LogP contribution in [-0.4, -0.2) is 30.2 Å². The van der Waals surface area contributed by atoms with Gasteiger partial charge >= 0.3 is 12.0 Å².